The van der Waals surface area contributed by atoms with Crippen molar-refractivity contribution in [2.24, 2.45) is 0 Å². The molecule has 110 valence electrons. The predicted molar refractivity (Wildman–Crippen MR) is 80.2 cm³/mol. The molecule has 1 aromatic heterocycles. The fourth-order valence-corrected chi connectivity index (χ4v) is 2.41. The van der Waals surface area contributed by atoms with Gasteiger partial charge in [0.25, 0.3) is 0 Å². The van der Waals surface area contributed by atoms with Crippen molar-refractivity contribution in [3.05, 3.63) is 70.1 Å². The maximum Gasteiger partial charge on any atom is 0.196 e. The molecule has 0 saturated carbocycles. The number of fused-ring (bicyclic) bond motifs is 1. The lowest BCUT2D eigenvalue weighted by atomic mass is 9.92. The summed E-state index contributed by atoms with van der Waals surface area (Å²) in [5.41, 5.74) is 0.329. The monoisotopic (exact) mass is 296 g/mol. The first kappa shape index (κ1) is 13.9. The van der Waals surface area contributed by atoms with E-state index in [9.17, 15) is 19.8 Å². The maximum atomic E-state index is 12.5. The number of aromatic hydroxyl groups is 2. The molecule has 1 unspecified atom stereocenters. The van der Waals surface area contributed by atoms with E-state index in [1.165, 1.54) is 30.5 Å². The van der Waals surface area contributed by atoms with Crippen LogP contribution in [0.2, 0.25) is 0 Å². The van der Waals surface area contributed by atoms with Gasteiger partial charge in [-0.05, 0) is 18.2 Å². The minimum absolute atomic E-state index is 0.0176. The zero-order valence-corrected chi connectivity index (χ0v) is 11.4. The van der Waals surface area contributed by atoms with E-state index in [4.69, 9.17) is 4.42 Å². The molecule has 2 N–H and O–H groups in total. The Morgan fingerprint density at radius 2 is 1.82 bits per heavy atom. The van der Waals surface area contributed by atoms with Crippen molar-refractivity contribution in [3.8, 4) is 11.5 Å². The molecule has 5 nitrogen and oxygen atoms in total. The van der Waals surface area contributed by atoms with Crippen LogP contribution in [0.3, 0.4) is 0 Å². The highest BCUT2D eigenvalue weighted by Crippen LogP contribution is 2.29. The summed E-state index contributed by atoms with van der Waals surface area (Å²) in [6, 6.07) is 10.5. The summed E-state index contributed by atoms with van der Waals surface area (Å²) in [4.78, 5) is 24.0. The standard InChI is InChI=1S/C17H12O5/c18-8-13(11-3-1-2-4-15(11)20)14-9-22-16-7-10(19)5-6-12(16)17(14)21/h1-9,13,19-20H. The smallest absolute Gasteiger partial charge is 0.196 e. The van der Waals surface area contributed by atoms with Gasteiger partial charge in [0.15, 0.2) is 5.43 Å². The second-order valence-electron chi connectivity index (χ2n) is 4.87. The largest absolute Gasteiger partial charge is 0.508 e. The van der Waals surface area contributed by atoms with Crippen LogP contribution in [0, 0.1) is 0 Å². The Bertz CT molecular complexity index is 910. The van der Waals surface area contributed by atoms with Crippen LogP contribution in [0.1, 0.15) is 17.0 Å². The maximum absolute atomic E-state index is 12.5. The molecule has 0 fully saturated rings. The van der Waals surface area contributed by atoms with E-state index < -0.39 is 5.92 Å². The van der Waals surface area contributed by atoms with E-state index in [1.807, 2.05) is 0 Å². The number of para-hydroxylation sites is 1. The molecular weight excluding hydrogens is 284 g/mol. The van der Waals surface area contributed by atoms with Gasteiger partial charge in [0.05, 0.1) is 23.1 Å². The van der Waals surface area contributed by atoms with Crippen molar-refractivity contribution in [1.29, 1.82) is 0 Å². The molecule has 0 aliphatic carbocycles. The molecule has 1 heterocycles. The van der Waals surface area contributed by atoms with Crippen LogP contribution in [-0.4, -0.2) is 16.5 Å². The van der Waals surface area contributed by atoms with Gasteiger partial charge in [0, 0.05) is 11.6 Å². The van der Waals surface area contributed by atoms with Gasteiger partial charge in [-0.2, -0.15) is 0 Å². The average Bonchev–Trinajstić information content (AvgIpc) is 2.51. The van der Waals surface area contributed by atoms with Gasteiger partial charge in [-0.25, -0.2) is 0 Å². The van der Waals surface area contributed by atoms with E-state index in [0.717, 1.165) is 0 Å². The molecule has 1 atom stereocenters. The molecule has 0 saturated heterocycles. The first-order valence-corrected chi connectivity index (χ1v) is 6.59. The number of carbonyl (C=O) groups is 1. The Morgan fingerprint density at radius 3 is 2.55 bits per heavy atom. The van der Waals surface area contributed by atoms with Crippen LogP contribution >= 0.6 is 0 Å². The Kier molecular flexibility index (Phi) is 3.39. The van der Waals surface area contributed by atoms with Crippen LogP contribution in [0.15, 0.2) is 57.9 Å². The van der Waals surface area contributed by atoms with E-state index in [2.05, 4.69) is 0 Å². The molecule has 5 heteroatoms. The SMILES string of the molecule is O=CC(c1ccccc1O)c1coc2cc(O)ccc2c1=O. The molecule has 3 aromatic rings. The number of hydrogen-bond acceptors (Lipinski definition) is 5. The van der Waals surface area contributed by atoms with Gasteiger partial charge >= 0.3 is 0 Å². The molecular formula is C17H12O5. The summed E-state index contributed by atoms with van der Waals surface area (Å²) in [7, 11) is 0. The lowest BCUT2D eigenvalue weighted by Gasteiger charge is -2.12. The van der Waals surface area contributed by atoms with Crippen LogP contribution in [0.4, 0.5) is 0 Å². The summed E-state index contributed by atoms with van der Waals surface area (Å²) in [5, 5.41) is 19.6. The summed E-state index contributed by atoms with van der Waals surface area (Å²) in [6.45, 7) is 0. The number of benzene rings is 2. The number of carbonyl (C=O) groups excluding carboxylic acids is 1. The molecule has 0 aliphatic rings. The zero-order valence-electron chi connectivity index (χ0n) is 11.4. The highest BCUT2D eigenvalue weighted by molar-refractivity contribution is 5.80. The minimum Gasteiger partial charge on any atom is -0.508 e. The second-order valence-corrected chi connectivity index (χ2v) is 4.87. The van der Waals surface area contributed by atoms with Crippen LogP contribution in [0.5, 0.6) is 11.5 Å². The van der Waals surface area contributed by atoms with Crippen molar-refractivity contribution in [1.82, 2.24) is 0 Å². The Hall–Kier alpha value is -3.08. The minimum atomic E-state index is -0.921. The summed E-state index contributed by atoms with van der Waals surface area (Å²) < 4.78 is 5.35. The molecule has 0 radical (unpaired) electrons. The van der Waals surface area contributed by atoms with Crippen molar-refractivity contribution < 1.29 is 19.4 Å². The van der Waals surface area contributed by atoms with Crippen LogP contribution in [0.25, 0.3) is 11.0 Å². The summed E-state index contributed by atoms with van der Waals surface area (Å²) in [5.74, 6) is -1.00. The molecule has 3 rings (SSSR count). The first-order valence-electron chi connectivity index (χ1n) is 6.59. The van der Waals surface area contributed by atoms with Gasteiger partial charge in [0.1, 0.15) is 23.4 Å². The highest BCUT2D eigenvalue weighted by atomic mass is 16.3. The Labute approximate surface area is 125 Å². The molecule has 0 amide bonds. The molecule has 0 aliphatic heterocycles. The van der Waals surface area contributed by atoms with E-state index in [1.54, 1.807) is 18.2 Å². The van der Waals surface area contributed by atoms with Crippen LogP contribution < -0.4 is 5.43 Å². The van der Waals surface area contributed by atoms with Crippen LogP contribution in [-0.2, 0) is 4.79 Å². The van der Waals surface area contributed by atoms with Gasteiger partial charge in [-0.15, -0.1) is 0 Å². The average molecular weight is 296 g/mol. The Morgan fingerprint density at radius 1 is 1.05 bits per heavy atom. The number of hydrogen-bond donors (Lipinski definition) is 2. The van der Waals surface area contributed by atoms with Gasteiger partial charge in [-0.3, -0.25) is 4.79 Å². The number of rotatable bonds is 3. The third-order valence-electron chi connectivity index (χ3n) is 3.53. The third kappa shape index (κ3) is 2.22. The molecule has 0 bridgehead atoms. The fourth-order valence-electron chi connectivity index (χ4n) is 2.41. The topological polar surface area (TPSA) is 87.7 Å². The molecule has 2 aromatic carbocycles. The van der Waals surface area contributed by atoms with Crippen molar-refractivity contribution in [2.45, 2.75) is 5.92 Å². The first-order chi connectivity index (χ1) is 10.6. The van der Waals surface area contributed by atoms with Crippen molar-refractivity contribution in [2.75, 3.05) is 0 Å². The summed E-state index contributed by atoms with van der Waals surface area (Å²) in [6.07, 6.45) is 1.78. The van der Waals surface area contributed by atoms with Gasteiger partial charge < -0.3 is 19.4 Å². The van der Waals surface area contributed by atoms with E-state index in [0.29, 0.717) is 11.8 Å². The Balaban J connectivity index is 2.22. The lowest BCUT2D eigenvalue weighted by molar-refractivity contribution is -0.108. The number of aldehydes is 1. The molecule has 22 heavy (non-hydrogen) atoms. The second kappa shape index (κ2) is 5.37. The van der Waals surface area contributed by atoms with E-state index in [-0.39, 0.29) is 33.5 Å². The summed E-state index contributed by atoms with van der Waals surface area (Å²) >= 11 is 0. The third-order valence-corrected chi connectivity index (χ3v) is 3.53. The fraction of sp³-hybridized carbons (Fsp3) is 0.0588. The van der Waals surface area contributed by atoms with Crippen molar-refractivity contribution in [3.63, 3.8) is 0 Å². The van der Waals surface area contributed by atoms with E-state index >= 15 is 0 Å². The normalized spacial score (nSPS) is 12.2. The van der Waals surface area contributed by atoms with Crippen molar-refractivity contribution >= 4 is 17.3 Å². The van der Waals surface area contributed by atoms with Gasteiger partial charge in [0.2, 0.25) is 0 Å². The predicted octanol–water partition coefficient (Wildman–Crippen LogP) is 2.54. The number of phenols is 2. The quantitative estimate of drug-likeness (QED) is 0.725. The lowest BCUT2D eigenvalue weighted by Crippen LogP contribution is -2.15. The highest BCUT2D eigenvalue weighted by Gasteiger charge is 2.21. The zero-order chi connectivity index (χ0) is 15.7. The van der Waals surface area contributed by atoms with Gasteiger partial charge in [-0.1, -0.05) is 18.2 Å². The number of phenolic OH excluding ortho intramolecular Hbond substituents is 2. The molecule has 0 spiro atoms.